The fourth-order valence-corrected chi connectivity index (χ4v) is 2.98. The van der Waals surface area contributed by atoms with Crippen LogP contribution in [0.25, 0.3) is 23.4 Å². The molecule has 0 aliphatic carbocycles. The first kappa shape index (κ1) is 18.8. The second kappa shape index (κ2) is 8.60. The summed E-state index contributed by atoms with van der Waals surface area (Å²) in [5, 5.41) is 2.95. The summed E-state index contributed by atoms with van der Waals surface area (Å²) in [7, 11) is 0. The Balaban J connectivity index is 1.90. The monoisotopic (exact) mass is 422 g/mol. The van der Waals surface area contributed by atoms with Gasteiger partial charge in [0.1, 0.15) is 0 Å². The van der Waals surface area contributed by atoms with E-state index in [1.807, 2.05) is 35.0 Å². The lowest BCUT2D eigenvalue weighted by molar-refractivity contribution is 0.0952. The van der Waals surface area contributed by atoms with Crippen molar-refractivity contribution in [3.05, 3.63) is 83.5 Å². The summed E-state index contributed by atoms with van der Waals surface area (Å²) in [4.78, 5) is 21.4. The second-order valence-corrected chi connectivity index (χ2v) is 6.74. The maximum atomic E-state index is 12.8. The van der Waals surface area contributed by atoms with Gasteiger partial charge in [0.05, 0.1) is 23.3 Å². The minimum absolute atomic E-state index is 0.172. The summed E-state index contributed by atoms with van der Waals surface area (Å²) < 4.78 is 2.89. The van der Waals surface area contributed by atoms with Gasteiger partial charge < -0.3 is 9.88 Å². The average molecular weight is 423 g/mol. The molecule has 0 fully saturated rings. The first-order valence-electron chi connectivity index (χ1n) is 8.42. The van der Waals surface area contributed by atoms with Gasteiger partial charge in [-0.1, -0.05) is 47.3 Å². The number of halogens is 1. The molecular formula is C21H19BrN4O. The molecule has 136 valence electrons. The number of carbonyl (C=O) groups excluding carboxylic acids is 1. The molecule has 0 saturated carbocycles. The molecule has 5 nitrogen and oxygen atoms in total. The number of nitrogens with one attached hydrogen (secondary N) is 1. The van der Waals surface area contributed by atoms with Gasteiger partial charge in [0, 0.05) is 41.1 Å². The Morgan fingerprint density at radius 2 is 2.00 bits per heavy atom. The highest BCUT2D eigenvalue weighted by Gasteiger charge is 2.16. The zero-order valence-electron chi connectivity index (χ0n) is 14.7. The Morgan fingerprint density at radius 3 is 2.63 bits per heavy atom. The molecule has 0 aliphatic heterocycles. The minimum Gasteiger partial charge on any atom is -0.350 e. The van der Waals surface area contributed by atoms with Gasteiger partial charge in [0.25, 0.3) is 5.91 Å². The third-order valence-corrected chi connectivity index (χ3v) is 4.61. The van der Waals surface area contributed by atoms with E-state index in [1.165, 1.54) is 0 Å². The molecule has 0 atom stereocenters. The summed E-state index contributed by atoms with van der Waals surface area (Å²) in [6.45, 7) is 8.79. The molecule has 0 unspecified atom stereocenters. The highest BCUT2D eigenvalue weighted by Crippen LogP contribution is 2.25. The van der Waals surface area contributed by atoms with Gasteiger partial charge in [-0.3, -0.25) is 4.79 Å². The molecule has 27 heavy (non-hydrogen) atoms. The van der Waals surface area contributed by atoms with Crippen molar-refractivity contribution in [1.29, 1.82) is 0 Å². The van der Waals surface area contributed by atoms with Crippen LogP contribution in [0.4, 0.5) is 0 Å². The van der Waals surface area contributed by atoms with Crippen LogP contribution in [0.2, 0.25) is 0 Å². The fraction of sp³-hybridized carbons (Fsp3) is 0.0952. The lowest BCUT2D eigenvalue weighted by atomic mass is 10.0. The normalized spacial score (nSPS) is 10.4. The zero-order valence-corrected chi connectivity index (χ0v) is 16.3. The standard InChI is InChI=1S/C21H19BrN4O/c1-3-17-18(21(27)24-10-12-26-11-9-23-14-26)13-20(25-19(17)4-2)15-5-7-16(22)8-6-15/h3-9,11,13-14H,1-2,10,12H2,(H,24,27). The number of aromatic nitrogens is 3. The van der Waals surface area contributed by atoms with Gasteiger partial charge in [0.15, 0.2) is 0 Å². The Hall–Kier alpha value is -2.99. The van der Waals surface area contributed by atoms with Crippen molar-refractivity contribution < 1.29 is 4.79 Å². The van der Waals surface area contributed by atoms with Crippen LogP contribution in [0.1, 0.15) is 21.6 Å². The first-order valence-corrected chi connectivity index (χ1v) is 9.21. The van der Waals surface area contributed by atoms with E-state index in [4.69, 9.17) is 0 Å². The lowest BCUT2D eigenvalue weighted by Gasteiger charge is -2.13. The van der Waals surface area contributed by atoms with Gasteiger partial charge in [-0.15, -0.1) is 0 Å². The van der Waals surface area contributed by atoms with Crippen LogP contribution >= 0.6 is 15.9 Å². The third-order valence-electron chi connectivity index (χ3n) is 4.08. The smallest absolute Gasteiger partial charge is 0.252 e. The van der Waals surface area contributed by atoms with Crippen molar-refractivity contribution in [3.63, 3.8) is 0 Å². The molecule has 3 aromatic rings. The molecule has 0 bridgehead atoms. The van der Waals surface area contributed by atoms with Gasteiger partial charge in [0.2, 0.25) is 0 Å². The average Bonchev–Trinajstić information content (AvgIpc) is 3.20. The molecule has 2 heterocycles. The molecule has 0 saturated heterocycles. The number of rotatable bonds is 7. The van der Waals surface area contributed by atoms with Crippen LogP contribution < -0.4 is 5.32 Å². The van der Waals surface area contributed by atoms with Gasteiger partial charge in [-0.25, -0.2) is 9.97 Å². The molecule has 1 N–H and O–H groups in total. The molecule has 0 radical (unpaired) electrons. The number of hydrogen-bond donors (Lipinski definition) is 1. The van der Waals surface area contributed by atoms with Gasteiger partial charge >= 0.3 is 0 Å². The van der Waals surface area contributed by atoms with E-state index >= 15 is 0 Å². The topological polar surface area (TPSA) is 59.8 Å². The van der Waals surface area contributed by atoms with E-state index in [9.17, 15) is 4.79 Å². The largest absolute Gasteiger partial charge is 0.350 e. The Kier molecular flexibility index (Phi) is 5.98. The van der Waals surface area contributed by atoms with E-state index in [2.05, 4.69) is 44.4 Å². The molecule has 2 aromatic heterocycles. The Morgan fingerprint density at radius 1 is 1.22 bits per heavy atom. The van der Waals surface area contributed by atoms with E-state index in [0.29, 0.717) is 35.6 Å². The predicted octanol–water partition coefficient (Wildman–Crippen LogP) is 4.42. The van der Waals surface area contributed by atoms with E-state index in [-0.39, 0.29) is 5.91 Å². The van der Waals surface area contributed by atoms with Crippen molar-refractivity contribution in [2.45, 2.75) is 6.54 Å². The maximum absolute atomic E-state index is 12.8. The van der Waals surface area contributed by atoms with Crippen LogP contribution in [0, 0.1) is 0 Å². The molecular weight excluding hydrogens is 404 g/mol. The maximum Gasteiger partial charge on any atom is 0.252 e. The second-order valence-electron chi connectivity index (χ2n) is 5.83. The number of hydrogen-bond acceptors (Lipinski definition) is 3. The quantitative estimate of drug-likeness (QED) is 0.612. The zero-order chi connectivity index (χ0) is 19.2. The number of imidazole rings is 1. The minimum atomic E-state index is -0.172. The summed E-state index contributed by atoms with van der Waals surface area (Å²) in [6, 6.07) is 9.58. The van der Waals surface area contributed by atoms with E-state index in [0.717, 1.165) is 10.0 Å². The lowest BCUT2D eigenvalue weighted by Crippen LogP contribution is -2.28. The SMILES string of the molecule is C=Cc1nc(-c2ccc(Br)cc2)cc(C(=O)NCCn2ccnc2)c1C=C. The molecule has 0 spiro atoms. The first-order chi connectivity index (χ1) is 13.1. The van der Waals surface area contributed by atoms with Crippen molar-refractivity contribution in [3.8, 4) is 11.3 Å². The van der Waals surface area contributed by atoms with Crippen LogP contribution in [0.15, 0.2) is 66.7 Å². The van der Waals surface area contributed by atoms with Gasteiger partial charge in [-0.05, 0) is 24.3 Å². The van der Waals surface area contributed by atoms with Crippen molar-refractivity contribution >= 4 is 34.0 Å². The summed E-state index contributed by atoms with van der Waals surface area (Å²) >= 11 is 3.43. The molecule has 6 heteroatoms. The number of carbonyl (C=O) groups is 1. The van der Waals surface area contributed by atoms with Crippen molar-refractivity contribution in [2.75, 3.05) is 6.54 Å². The van der Waals surface area contributed by atoms with Crippen LogP contribution in [0.5, 0.6) is 0 Å². The van der Waals surface area contributed by atoms with Crippen LogP contribution in [0.3, 0.4) is 0 Å². The van der Waals surface area contributed by atoms with Crippen molar-refractivity contribution in [2.24, 2.45) is 0 Å². The van der Waals surface area contributed by atoms with E-state index in [1.54, 1.807) is 30.7 Å². The molecule has 0 aliphatic rings. The summed E-state index contributed by atoms with van der Waals surface area (Å²) in [5.74, 6) is -0.172. The number of nitrogens with zero attached hydrogens (tertiary/aromatic N) is 3. The number of pyridine rings is 1. The fourth-order valence-electron chi connectivity index (χ4n) is 2.71. The molecule has 1 aromatic carbocycles. The molecule has 1 amide bonds. The summed E-state index contributed by atoms with van der Waals surface area (Å²) in [6.07, 6.45) is 8.56. The number of benzene rings is 1. The molecule has 3 rings (SSSR count). The van der Waals surface area contributed by atoms with Crippen LogP contribution in [-0.2, 0) is 6.54 Å². The number of amides is 1. The van der Waals surface area contributed by atoms with Crippen molar-refractivity contribution in [1.82, 2.24) is 19.9 Å². The predicted molar refractivity (Wildman–Crippen MR) is 112 cm³/mol. The van der Waals surface area contributed by atoms with Crippen LogP contribution in [-0.4, -0.2) is 27.0 Å². The summed E-state index contributed by atoms with van der Waals surface area (Å²) in [5.41, 5.74) is 3.46. The Bertz CT molecular complexity index is 963. The Labute approximate surface area is 166 Å². The van der Waals surface area contributed by atoms with Gasteiger partial charge in [-0.2, -0.15) is 0 Å². The third kappa shape index (κ3) is 4.41. The highest BCUT2D eigenvalue weighted by atomic mass is 79.9. The van der Waals surface area contributed by atoms with E-state index < -0.39 is 0 Å². The highest BCUT2D eigenvalue weighted by molar-refractivity contribution is 9.10.